The molecule has 0 radical (unpaired) electrons. The van der Waals surface area contributed by atoms with Gasteiger partial charge in [0.05, 0.1) is 22.6 Å². The van der Waals surface area contributed by atoms with E-state index in [1.54, 1.807) is 0 Å². The Hall–Kier alpha value is -3.62. The molecule has 1 aliphatic heterocycles. The highest BCUT2D eigenvalue weighted by Gasteiger charge is 2.70. The molecule has 5 saturated carbocycles. The molecule has 0 spiro atoms. The number of carbonyl (C=O) groups excluding carboxylic acids is 5. The molecule has 1 aromatic carbocycles. The van der Waals surface area contributed by atoms with E-state index in [-0.39, 0.29) is 95.3 Å². The molecule has 334 valence electrons. The molecule has 1 N–H and O–H groups in total. The van der Waals surface area contributed by atoms with Crippen LogP contribution in [0.15, 0.2) is 34.3 Å². The quantitative estimate of drug-likeness (QED) is 0.141. The lowest BCUT2D eigenvalue weighted by molar-refractivity contribution is -0.236. The number of aliphatic imine (C=N–C) groups is 1. The number of fused-ring (bicyclic) bond motifs is 8. The molecule has 0 unspecified atom stereocenters. The summed E-state index contributed by atoms with van der Waals surface area (Å²) < 4.78 is 11.7. The zero-order valence-corrected chi connectivity index (χ0v) is 38.2. The first-order valence-electron chi connectivity index (χ1n) is 23.1. The summed E-state index contributed by atoms with van der Waals surface area (Å²) in [7, 11) is 0. The Morgan fingerprint density at radius 2 is 1.62 bits per heavy atom. The summed E-state index contributed by atoms with van der Waals surface area (Å²) in [6.07, 6.45) is 10.6. The molecule has 0 saturated heterocycles. The number of hydrogen-bond acceptors (Lipinski definition) is 8. The van der Waals surface area contributed by atoms with Gasteiger partial charge in [0.1, 0.15) is 12.2 Å². The summed E-state index contributed by atoms with van der Waals surface area (Å²) in [5, 5.41) is 3.54. The molecule has 1 aromatic rings. The number of amides is 1. The van der Waals surface area contributed by atoms with E-state index in [9.17, 15) is 24.0 Å². The van der Waals surface area contributed by atoms with Crippen molar-refractivity contribution in [2.24, 2.45) is 67.1 Å². The highest BCUT2D eigenvalue weighted by Crippen LogP contribution is 2.76. The Kier molecular flexibility index (Phi) is 11.2. The molecule has 6 aliphatic carbocycles. The normalized spacial score (nSPS) is 37.8. The number of carbonyl (C=O) groups is 5. The lowest BCUT2D eigenvalue weighted by Crippen LogP contribution is -2.67. The Morgan fingerprint density at radius 3 is 2.30 bits per heavy atom. The fourth-order valence-corrected chi connectivity index (χ4v) is 15.0. The van der Waals surface area contributed by atoms with E-state index >= 15 is 0 Å². The van der Waals surface area contributed by atoms with Crippen molar-refractivity contribution in [1.82, 2.24) is 5.32 Å². The summed E-state index contributed by atoms with van der Waals surface area (Å²) in [4.78, 5) is 71.7. The Balaban J connectivity index is 0.00000561. The fourth-order valence-electron chi connectivity index (χ4n) is 15.0. The minimum Gasteiger partial charge on any atom is -0.464 e. The zero-order chi connectivity index (χ0) is 43.6. The SMILES string of the molecule is C.CC(C)C1=C2[C@H]3CC[C@@H]4[C@@]5(C)CC[C@H](OC(=O)[C@H]6C[C@@H](OC=O)C6(C)C)C(C)(C)[C@@H]5CC[C@@]4(C)[C@]3(C)CC[C@@]2(NC(=O)C(C)(C)CC(=O)c2ccc3c(c2)N=CC3)CC1=O. The van der Waals surface area contributed by atoms with Gasteiger partial charge in [0, 0.05) is 41.9 Å². The van der Waals surface area contributed by atoms with Gasteiger partial charge in [-0.3, -0.25) is 29.0 Å². The number of ketones is 2. The van der Waals surface area contributed by atoms with E-state index in [2.05, 4.69) is 58.8 Å². The second-order valence-electron chi connectivity index (χ2n) is 23.2. The van der Waals surface area contributed by atoms with Gasteiger partial charge in [0.2, 0.25) is 5.91 Å². The van der Waals surface area contributed by atoms with Gasteiger partial charge in [-0.1, -0.05) is 95.7 Å². The van der Waals surface area contributed by atoms with Crippen molar-refractivity contribution in [3.8, 4) is 0 Å². The summed E-state index contributed by atoms with van der Waals surface area (Å²) in [5.74, 6) is 0.504. The van der Waals surface area contributed by atoms with E-state index in [0.717, 1.165) is 68.2 Å². The van der Waals surface area contributed by atoms with E-state index < -0.39 is 16.4 Å². The number of Topliss-reactive ketones (excluding diaryl/α,β-unsaturated/α-hetero) is 2. The second kappa shape index (κ2) is 15.0. The van der Waals surface area contributed by atoms with Gasteiger partial charge in [0.15, 0.2) is 11.6 Å². The van der Waals surface area contributed by atoms with Crippen molar-refractivity contribution >= 4 is 41.8 Å². The standard InChI is InChI=1S/C51H70N2O7.CH4/c1-29(2)41-36(56)27-51(53-44(58)45(3,4)26-35(55)31-13-12-30-18-23-52-34(30)24-31)22-21-49(10)32(42(41)51)14-15-38-48(9)19-17-39(47(7,8)37(48)16-20-50(38,49)11)60-43(57)33-25-40(59-28-54)46(33,5)6;/h12-13,23-24,28-29,32-33,37-40H,14-22,25-27H2,1-11H3,(H,53,58);1H4/t32-,33-,37+,38-,39+,40-,48+,49-,50-,51-;/m1./s1. The number of nitrogens with one attached hydrogen (secondary N) is 1. The topological polar surface area (TPSA) is 128 Å². The van der Waals surface area contributed by atoms with Crippen molar-refractivity contribution in [2.75, 3.05) is 0 Å². The van der Waals surface area contributed by atoms with E-state index in [1.807, 2.05) is 52.1 Å². The minimum atomic E-state index is -0.985. The van der Waals surface area contributed by atoms with Gasteiger partial charge >= 0.3 is 5.97 Å². The molecule has 0 bridgehead atoms. The fraction of sp³-hybridized carbons (Fsp3) is 0.731. The van der Waals surface area contributed by atoms with Crippen LogP contribution in [-0.4, -0.2) is 53.9 Å². The van der Waals surface area contributed by atoms with Crippen molar-refractivity contribution in [1.29, 1.82) is 0 Å². The molecule has 9 nitrogen and oxygen atoms in total. The van der Waals surface area contributed by atoms with Gasteiger partial charge < -0.3 is 14.8 Å². The molecule has 0 aromatic heterocycles. The second-order valence-corrected chi connectivity index (χ2v) is 23.2. The molecule has 5 fully saturated rings. The van der Waals surface area contributed by atoms with Gasteiger partial charge in [0.25, 0.3) is 6.47 Å². The zero-order valence-electron chi connectivity index (χ0n) is 38.2. The maximum atomic E-state index is 14.6. The molecule has 9 heteroatoms. The highest BCUT2D eigenvalue weighted by atomic mass is 16.6. The van der Waals surface area contributed by atoms with Crippen LogP contribution in [0.4, 0.5) is 5.69 Å². The van der Waals surface area contributed by atoms with Crippen LogP contribution in [0.1, 0.15) is 170 Å². The maximum absolute atomic E-state index is 14.6. The number of hydrogen-bond donors (Lipinski definition) is 1. The van der Waals surface area contributed by atoms with Crippen LogP contribution in [0.25, 0.3) is 0 Å². The molecular weight excluding hydrogens is 765 g/mol. The van der Waals surface area contributed by atoms with Crippen molar-refractivity contribution < 1.29 is 33.4 Å². The van der Waals surface area contributed by atoms with Crippen LogP contribution >= 0.6 is 0 Å². The smallest absolute Gasteiger partial charge is 0.310 e. The van der Waals surface area contributed by atoms with Gasteiger partial charge in [-0.2, -0.15) is 0 Å². The molecule has 1 heterocycles. The molecular formula is C52H74N2O7. The maximum Gasteiger partial charge on any atom is 0.310 e. The Morgan fingerprint density at radius 1 is 0.902 bits per heavy atom. The summed E-state index contributed by atoms with van der Waals surface area (Å²) in [5.41, 5.74) is 2.19. The number of ether oxygens (including phenoxy) is 2. The van der Waals surface area contributed by atoms with Crippen molar-refractivity contribution in [2.45, 2.75) is 178 Å². The summed E-state index contributed by atoms with van der Waals surface area (Å²) >= 11 is 0. The molecule has 1 amide bonds. The lowest BCUT2D eigenvalue weighted by Gasteiger charge is -2.72. The van der Waals surface area contributed by atoms with Crippen LogP contribution < -0.4 is 5.32 Å². The van der Waals surface area contributed by atoms with E-state index in [4.69, 9.17) is 9.47 Å². The van der Waals surface area contributed by atoms with Gasteiger partial charge in [-0.15, -0.1) is 0 Å². The van der Waals surface area contributed by atoms with Crippen molar-refractivity contribution in [3.05, 3.63) is 40.5 Å². The highest BCUT2D eigenvalue weighted by molar-refractivity contribution is 6.04. The Labute approximate surface area is 365 Å². The summed E-state index contributed by atoms with van der Waals surface area (Å²) in [6, 6.07) is 5.65. The van der Waals surface area contributed by atoms with Crippen LogP contribution in [0, 0.1) is 62.1 Å². The predicted octanol–water partition coefficient (Wildman–Crippen LogP) is 10.5. The minimum absolute atomic E-state index is 0. The van der Waals surface area contributed by atoms with Crippen LogP contribution in [0.3, 0.4) is 0 Å². The molecule has 8 rings (SSSR count). The number of nitrogens with zero attached hydrogens (tertiary/aromatic N) is 1. The number of rotatable bonds is 10. The lowest BCUT2D eigenvalue weighted by atomic mass is 9.33. The number of benzene rings is 1. The first kappa shape index (κ1) is 45.4. The predicted molar refractivity (Wildman–Crippen MR) is 238 cm³/mol. The van der Waals surface area contributed by atoms with Crippen molar-refractivity contribution in [3.63, 3.8) is 0 Å². The third-order valence-electron chi connectivity index (χ3n) is 18.8. The van der Waals surface area contributed by atoms with Gasteiger partial charge in [-0.05, 0) is 120 Å². The van der Waals surface area contributed by atoms with Gasteiger partial charge in [-0.25, -0.2) is 0 Å². The van der Waals surface area contributed by atoms with E-state index in [1.165, 1.54) is 5.57 Å². The molecule has 7 aliphatic rings. The average Bonchev–Trinajstić information content (AvgIpc) is 3.75. The van der Waals surface area contributed by atoms with E-state index in [0.29, 0.717) is 36.7 Å². The first-order chi connectivity index (χ1) is 28.0. The average molecular weight is 839 g/mol. The third-order valence-corrected chi connectivity index (χ3v) is 18.8. The number of esters is 1. The first-order valence-corrected chi connectivity index (χ1v) is 23.1. The van der Waals surface area contributed by atoms with Crippen LogP contribution in [-0.2, 0) is 35.1 Å². The molecule has 61 heavy (non-hydrogen) atoms. The number of allylic oxidation sites excluding steroid dienone is 1. The van der Waals surface area contributed by atoms with Crippen LogP contribution in [0.2, 0.25) is 0 Å². The Bertz CT molecular complexity index is 2080. The largest absolute Gasteiger partial charge is 0.464 e. The third kappa shape index (κ3) is 6.65. The molecule has 10 atom stereocenters. The summed E-state index contributed by atoms with van der Waals surface area (Å²) in [6.45, 7) is 24.7. The monoisotopic (exact) mass is 839 g/mol. The van der Waals surface area contributed by atoms with Crippen LogP contribution in [0.5, 0.6) is 0 Å².